The van der Waals surface area contributed by atoms with Crippen molar-refractivity contribution in [3.05, 3.63) is 472 Å². The van der Waals surface area contributed by atoms with Crippen LogP contribution in [0.15, 0.2) is 394 Å². The Morgan fingerprint density at radius 3 is 0.793 bits per heavy atom. The molecule has 19 aromatic carbocycles. The molecule has 6 aliphatic rings. The minimum atomic E-state index is -0.593. The minimum Gasteiger partial charge on any atom is -0.310 e. The molecule has 21 aromatic rings. The van der Waals surface area contributed by atoms with Gasteiger partial charge >= 0.3 is 0 Å². The van der Waals surface area contributed by atoms with E-state index < -0.39 is 16.2 Å². The molecule has 0 N–H and O–H groups in total. The Morgan fingerprint density at radius 1 is 0.186 bits per heavy atom. The van der Waals surface area contributed by atoms with Crippen LogP contribution in [0.5, 0.6) is 0 Å². The fourth-order valence-electron chi connectivity index (χ4n) is 26.4. The van der Waals surface area contributed by atoms with E-state index in [9.17, 15) is 0 Å². The van der Waals surface area contributed by atoms with Crippen molar-refractivity contribution in [2.75, 3.05) is 9.80 Å². The van der Waals surface area contributed by atoms with Gasteiger partial charge in [-0.2, -0.15) is 0 Å². The Kier molecular flexibility index (Phi) is 18.9. The zero-order valence-corrected chi connectivity index (χ0v) is 86.4. The van der Waals surface area contributed by atoms with Crippen LogP contribution in [0, 0.1) is 0 Å². The van der Waals surface area contributed by atoms with Gasteiger partial charge in [0.2, 0.25) is 0 Å². The van der Waals surface area contributed by atoms with Crippen LogP contribution in [-0.2, 0) is 43.3 Å². The van der Waals surface area contributed by atoms with Crippen LogP contribution in [0.4, 0.5) is 34.1 Å². The highest BCUT2D eigenvalue weighted by molar-refractivity contribution is 7.00. The molecule has 0 bridgehead atoms. The summed E-state index contributed by atoms with van der Waals surface area (Å²) in [6.07, 6.45) is 0. The van der Waals surface area contributed by atoms with E-state index in [2.05, 4.69) is 538 Å². The maximum Gasteiger partial charge on any atom is 0.252 e. The van der Waals surface area contributed by atoms with Crippen molar-refractivity contribution in [3.63, 3.8) is 0 Å². The smallest absolute Gasteiger partial charge is 0.252 e. The molecule has 0 saturated carbocycles. The second kappa shape index (κ2) is 31.0. The van der Waals surface area contributed by atoms with Crippen LogP contribution in [0.2, 0.25) is 0 Å². The van der Waals surface area contributed by atoms with E-state index in [4.69, 9.17) is 0 Å². The molecule has 0 fully saturated rings. The fourth-order valence-corrected chi connectivity index (χ4v) is 26.4. The fraction of sp³-hybridized carbons (Fsp3) is 0.186. The molecule has 0 amide bonds. The quantitative estimate of drug-likeness (QED) is 0.141. The predicted octanol–water partition coefficient (Wildman–Crippen LogP) is 35.1. The van der Waals surface area contributed by atoms with Crippen LogP contribution < -0.4 is 26.2 Å². The molecule has 4 heterocycles. The molecule has 702 valence electrons. The van der Waals surface area contributed by atoms with Gasteiger partial charge in [0.1, 0.15) is 0 Å². The summed E-state index contributed by atoms with van der Waals surface area (Å²) in [5.74, 6) is 0. The number of benzene rings is 19. The van der Waals surface area contributed by atoms with Gasteiger partial charge in [-0.1, -0.05) is 440 Å². The summed E-state index contributed by atoms with van der Waals surface area (Å²) in [5, 5.41) is 4.90. The predicted molar refractivity (Wildman–Crippen MR) is 616 cm³/mol. The molecule has 4 aliphatic carbocycles. The summed E-state index contributed by atoms with van der Waals surface area (Å²) in [4.78, 5) is 5.59. The first-order chi connectivity index (χ1) is 69.7. The number of hydrogen-bond acceptors (Lipinski definition) is 2. The standard InChI is InChI=1S/C140H119BN4/c1-133(2,3)88-61-53-84(54-62-88)96-42-33-43-97(85-55-63-89(64-56-85)134(4,5)6)131(96)144-126-78-94(142-122-52-32-25-41-106(122)110-80-107-104-39-23-30-50-116(104)139(118(107)82-124(110)142)112-46-26-19-35-100(112)101-36-20-27-47-113(101)139)70-72-120(126)141-121-73-71-95(143-123-74-69-92(137(13,14)15)75-109(123)111-81-108-105-40-24-31-51-117(105)140(119(108)83-125(111)143)114-48-28-21-37-102(114)103-38-22-29-49-115(103)140)79-127(121)145(129-77-93(138(16,17)18)76-128(144)130(129)141)132-98(86-57-65-90(66-58-86)135(7,8)9)44-34-45-99(132)87-59-67-91(68-60-87)136(10,11)12/h19-83H,1-18H3. The summed E-state index contributed by atoms with van der Waals surface area (Å²) in [5.41, 5.74) is 52.8. The summed E-state index contributed by atoms with van der Waals surface area (Å²) < 4.78 is 5.31. The minimum absolute atomic E-state index is 0.0925. The van der Waals surface area contributed by atoms with E-state index in [1.54, 1.807) is 0 Å². The van der Waals surface area contributed by atoms with Gasteiger partial charge in [-0.25, -0.2) is 0 Å². The summed E-state index contributed by atoms with van der Waals surface area (Å²) >= 11 is 0. The largest absolute Gasteiger partial charge is 0.310 e. The van der Waals surface area contributed by atoms with E-state index in [0.717, 1.165) is 107 Å². The lowest BCUT2D eigenvalue weighted by Gasteiger charge is -2.46. The van der Waals surface area contributed by atoms with Crippen molar-refractivity contribution >= 4 is 101 Å². The number of fused-ring (bicyclic) bond motifs is 30. The monoisotopic (exact) mass is 1870 g/mol. The molecule has 4 nitrogen and oxygen atoms in total. The Balaban J connectivity index is 0.793. The van der Waals surface area contributed by atoms with Crippen LogP contribution >= 0.6 is 0 Å². The molecule has 2 aliphatic heterocycles. The van der Waals surface area contributed by atoms with Crippen LogP contribution in [0.25, 0.3) is 144 Å². The highest BCUT2D eigenvalue weighted by Crippen LogP contribution is 2.67. The van der Waals surface area contributed by atoms with E-state index in [0.29, 0.717) is 0 Å². The molecular weight excluding hydrogens is 1750 g/mol. The highest BCUT2D eigenvalue weighted by atomic mass is 15.2. The third kappa shape index (κ3) is 12.8. The maximum absolute atomic E-state index is 2.80. The first-order valence-corrected chi connectivity index (χ1v) is 52.3. The van der Waals surface area contributed by atoms with Crippen LogP contribution in [-0.4, -0.2) is 15.8 Å². The van der Waals surface area contributed by atoms with Crippen molar-refractivity contribution < 1.29 is 0 Å². The molecule has 27 rings (SSSR count). The molecular formula is C140H119BN4. The average molecular weight is 1870 g/mol. The van der Waals surface area contributed by atoms with Gasteiger partial charge in [-0.15, -0.1) is 0 Å². The first-order valence-electron chi connectivity index (χ1n) is 52.3. The Bertz CT molecular complexity index is 8850. The lowest BCUT2D eigenvalue weighted by molar-refractivity contribution is 0.590. The molecule has 2 spiro atoms. The first kappa shape index (κ1) is 88.4. The zero-order chi connectivity index (χ0) is 99.1. The van der Waals surface area contributed by atoms with Crippen molar-refractivity contribution in [1.29, 1.82) is 0 Å². The van der Waals surface area contributed by atoms with Crippen molar-refractivity contribution in [2.45, 2.75) is 168 Å². The van der Waals surface area contributed by atoms with E-state index in [1.165, 1.54) is 166 Å². The van der Waals surface area contributed by atoms with Gasteiger partial charge in [0.15, 0.2) is 0 Å². The van der Waals surface area contributed by atoms with Crippen molar-refractivity contribution in [2.24, 2.45) is 0 Å². The van der Waals surface area contributed by atoms with Gasteiger partial charge in [0.25, 0.3) is 6.71 Å². The van der Waals surface area contributed by atoms with Gasteiger partial charge in [-0.3, -0.25) is 0 Å². The summed E-state index contributed by atoms with van der Waals surface area (Å²) in [7, 11) is 0. The second-order valence-corrected chi connectivity index (χ2v) is 48.3. The normalized spacial score (nSPS) is 14.3. The molecule has 5 heteroatoms. The molecule has 0 unspecified atom stereocenters. The van der Waals surface area contributed by atoms with Gasteiger partial charge in [0, 0.05) is 77.9 Å². The van der Waals surface area contributed by atoms with E-state index in [1.807, 2.05) is 0 Å². The average Bonchev–Trinajstić information content (AvgIpc) is 1.52. The van der Waals surface area contributed by atoms with Gasteiger partial charge < -0.3 is 18.9 Å². The van der Waals surface area contributed by atoms with E-state index in [-0.39, 0.29) is 33.8 Å². The third-order valence-electron chi connectivity index (χ3n) is 33.7. The lowest BCUT2D eigenvalue weighted by Crippen LogP contribution is -2.61. The number of para-hydroxylation sites is 3. The molecule has 0 atom stereocenters. The van der Waals surface area contributed by atoms with Crippen molar-refractivity contribution in [3.8, 4) is 100 Å². The number of nitrogens with zero attached hydrogens (tertiary/aromatic N) is 4. The van der Waals surface area contributed by atoms with Gasteiger partial charge in [0.05, 0.1) is 44.3 Å². The van der Waals surface area contributed by atoms with Crippen molar-refractivity contribution in [1.82, 2.24) is 9.13 Å². The number of aromatic nitrogens is 2. The Labute approximate surface area is 854 Å². The third-order valence-corrected chi connectivity index (χ3v) is 33.7. The topological polar surface area (TPSA) is 16.3 Å². The van der Waals surface area contributed by atoms with Gasteiger partial charge in [-0.05, 0) is 272 Å². The van der Waals surface area contributed by atoms with Crippen LogP contribution in [0.3, 0.4) is 0 Å². The molecule has 2 aromatic heterocycles. The van der Waals surface area contributed by atoms with Crippen LogP contribution in [0.1, 0.15) is 203 Å². The highest BCUT2D eigenvalue weighted by Gasteiger charge is 2.55. The summed E-state index contributed by atoms with van der Waals surface area (Å²) in [6.45, 7) is 42.1. The number of anilines is 6. The SMILES string of the molecule is CC(C)(C)c1ccc(-c2cccc(-c3ccc(C(C)(C)C)cc3)c2N2c3cc(-n4c5ccccc5c5cc6c(cc54)C4(c5ccccc5-c5ccccc54)c4ccccc4-6)ccc3B3c4ccc(-n5c6ccc(C(C)(C)C)cc6c6cc7c(cc65)C5(c6ccccc6-c6ccccc65)c5ccccc5-7)cc4N(c4c(-c5ccc(C(C)(C)C)cc5)cccc4-c4ccc(C(C)(C)C)cc4)c4cc(C(C)(C)C)cc2c43)cc1. The number of hydrogen-bond donors (Lipinski definition) is 0. The lowest BCUT2D eigenvalue weighted by atomic mass is 9.33. The molecule has 145 heavy (non-hydrogen) atoms. The molecule has 0 saturated heterocycles. The summed E-state index contributed by atoms with van der Waals surface area (Å²) in [6, 6.07) is 156. The number of rotatable bonds is 8. The zero-order valence-electron chi connectivity index (χ0n) is 86.4. The van der Waals surface area contributed by atoms with E-state index >= 15 is 0 Å². The molecule has 0 radical (unpaired) electrons. The maximum atomic E-state index is 2.80. The Morgan fingerprint density at radius 2 is 0.462 bits per heavy atom. The Hall–Kier alpha value is -15.6. The second-order valence-electron chi connectivity index (χ2n) is 48.3.